The van der Waals surface area contributed by atoms with Gasteiger partial charge in [0, 0.05) is 27.7 Å². The maximum atomic E-state index is 14.0. The molecule has 0 unspecified atom stereocenters. The molecule has 40 heavy (non-hydrogen) atoms. The lowest BCUT2D eigenvalue weighted by atomic mass is 10.1. The number of halogens is 3. The van der Waals surface area contributed by atoms with E-state index in [9.17, 15) is 18.0 Å². The molecule has 214 valence electrons. The van der Waals surface area contributed by atoms with Gasteiger partial charge in [0.1, 0.15) is 12.6 Å². The predicted molar refractivity (Wildman–Crippen MR) is 161 cm³/mol. The van der Waals surface area contributed by atoms with Crippen LogP contribution in [0.1, 0.15) is 39.2 Å². The molecule has 7 nitrogen and oxygen atoms in total. The lowest BCUT2D eigenvalue weighted by molar-refractivity contribution is -0.140. The average Bonchev–Trinajstić information content (AvgIpc) is 2.92. The summed E-state index contributed by atoms with van der Waals surface area (Å²) in [6.07, 6.45) is 1.04. The van der Waals surface area contributed by atoms with Crippen LogP contribution in [0.15, 0.2) is 77.7 Å². The molecule has 11 heteroatoms. The summed E-state index contributed by atoms with van der Waals surface area (Å²) in [7, 11) is -4.22. The highest BCUT2D eigenvalue weighted by Crippen LogP contribution is 2.28. The van der Waals surface area contributed by atoms with Crippen LogP contribution in [0.3, 0.4) is 0 Å². The Labute approximate surface area is 251 Å². The maximum Gasteiger partial charge on any atom is 0.264 e. The molecular formula is C29H32Cl3N3O4S. The first-order chi connectivity index (χ1) is 19.0. The Morgan fingerprint density at radius 2 is 1.45 bits per heavy atom. The molecule has 0 saturated carbocycles. The van der Waals surface area contributed by atoms with Gasteiger partial charge in [-0.05, 0) is 79.9 Å². The summed E-state index contributed by atoms with van der Waals surface area (Å²) >= 11 is 18.2. The summed E-state index contributed by atoms with van der Waals surface area (Å²) in [6, 6.07) is 17.9. The number of amides is 2. The summed E-state index contributed by atoms with van der Waals surface area (Å²) in [5.41, 5.74) is 0.946. The van der Waals surface area contributed by atoms with E-state index in [1.807, 2.05) is 20.8 Å². The van der Waals surface area contributed by atoms with Crippen molar-refractivity contribution in [2.45, 2.75) is 57.1 Å². The normalized spacial score (nSPS) is 12.8. The van der Waals surface area contributed by atoms with E-state index in [-0.39, 0.29) is 29.1 Å². The van der Waals surface area contributed by atoms with Crippen LogP contribution in [0.4, 0.5) is 5.69 Å². The molecule has 2 amide bonds. The number of hydrogen-bond donors (Lipinski definition) is 1. The lowest BCUT2D eigenvalue weighted by Crippen LogP contribution is -2.53. The lowest BCUT2D eigenvalue weighted by Gasteiger charge is -2.33. The largest absolute Gasteiger partial charge is 0.352 e. The van der Waals surface area contributed by atoms with E-state index in [0.29, 0.717) is 21.5 Å². The van der Waals surface area contributed by atoms with E-state index in [0.717, 1.165) is 16.3 Å². The second-order valence-corrected chi connectivity index (χ2v) is 12.5. The minimum atomic E-state index is -4.22. The number of benzene rings is 3. The molecule has 0 aliphatic rings. The smallest absolute Gasteiger partial charge is 0.264 e. The van der Waals surface area contributed by atoms with Crippen molar-refractivity contribution in [1.29, 1.82) is 0 Å². The van der Waals surface area contributed by atoms with Crippen molar-refractivity contribution in [3.05, 3.63) is 93.4 Å². The molecule has 2 atom stereocenters. The highest BCUT2D eigenvalue weighted by molar-refractivity contribution is 7.92. The van der Waals surface area contributed by atoms with Crippen LogP contribution >= 0.6 is 34.8 Å². The van der Waals surface area contributed by atoms with Crippen LogP contribution in [0.5, 0.6) is 0 Å². The number of nitrogens with one attached hydrogen (secondary N) is 1. The van der Waals surface area contributed by atoms with Crippen LogP contribution in [0.2, 0.25) is 15.1 Å². The van der Waals surface area contributed by atoms with Crippen molar-refractivity contribution in [2.24, 2.45) is 0 Å². The van der Waals surface area contributed by atoms with Gasteiger partial charge < -0.3 is 10.2 Å². The van der Waals surface area contributed by atoms with E-state index < -0.39 is 28.5 Å². The van der Waals surface area contributed by atoms with Gasteiger partial charge >= 0.3 is 0 Å². The number of anilines is 1. The van der Waals surface area contributed by atoms with Gasteiger partial charge in [-0.2, -0.15) is 0 Å². The Kier molecular flexibility index (Phi) is 11.3. The quantitative estimate of drug-likeness (QED) is 0.247. The predicted octanol–water partition coefficient (Wildman–Crippen LogP) is 6.56. The van der Waals surface area contributed by atoms with Crippen molar-refractivity contribution >= 4 is 62.3 Å². The second kappa shape index (κ2) is 14.2. The molecule has 3 rings (SSSR count). The van der Waals surface area contributed by atoms with Gasteiger partial charge in [0.05, 0.1) is 10.6 Å². The molecule has 3 aromatic rings. The summed E-state index contributed by atoms with van der Waals surface area (Å²) in [5, 5.41) is 4.16. The standard InChI is InChI=1S/C29H32Cl3N3O4S/c1-4-20(3)33-29(37)27(5-2)34(18-21-9-11-22(30)12-10-21)28(36)19-35(25-8-6-7-24(32)17-25)40(38,39)26-15-13-23(31)14-16-26/h6-17,20,27H,4-5,18-19H2,1-3H3,(H,33,37)/t20-,27+/m1/s1. The maximum absolute atomic E-state index is 14.0. The van der Waals surface area contributed by atoms with Gasteiger partial charge in [-0.3, -0.25) is 13.9 Å². The number of carbonyl (C=O) groups is 2. The molecule has 0 aliphatic carbocycles. The van der Waals surface area contributed by atoms with E-state index >= 15 is 0 Å². The molecule has 0 saturated heterocycles. The zero-order chi connectivity index (χ0) is 29.4. The van der Waals surface area contributed by atoms with Gasteiger partial charge in [0.15, 0.2) is 0 Å². The van der Waals surface area contributed by atoms with Gasteiger partial charge in [-0.1, -0.05) is 66.8 Å². The first-order valence-electron chi connectivity index (χ1n) is 12.8. The van der Waals surface area contributed by atoms with Crippen LogP contribution in [-0.2, 0) is 26.2 Å². The topological polar surface area (TPSA) is 86.8 Å². The minimum absolute atomic E-state index is 0.0459. The molecule has 0 bridgehead atoms. The van der Waals surface area contributed by atoms with Gasteiger partial charge in [0.2, 0.25) is 11.8 Å². The molecule has 0 aromatic heterocycles. The van der Waals surface area contributed by atoms with E-state index in [1.165, 1.54) is 35.2 Å². The molecule has 0 fully saturated rings. The van der Waals surface area contributed by atoms with Crippen molar-refractivity contribution in [1.82, 2.24) is 10.2 Å². The number of nitrogens with zero attached hydrogens (tertiary/aromatic N) is 2. The number of sulfonamides is 1. The van der Waals surface area contributed by atoms with Crippen LogP contribution in [0.25, 0.3) is 0 Å². The van der Waals surface area contributed by atoms with E-state index in [1.54, 1.807) is 42.5 Å². The fourth-order valence-corrected chi connectivity index (χ4v) is 5.88. The summed E-state index contributed by atoms with van der Waals surface area (Å²) in [5.74, 6) is -0.868. The van der Waals surface area contributed by atoms with Crippen molar-refractivity contribution in [3.8, 4) is 0 Å². The van der Waals surface area contributed by atoms with Crippen molar-refractivity contribution in [2.75, 3.05) is 10.8 Å². The van der Waals surface area contributed by atoms with Gasteiger partial charge in [-0.15, -0.1) is 0 Å². The highest BCUT2D eigenvalue weighted by Gasteiger charge is 2.34. The average molecular weight is 625 g/mol. The van der Waals surface area contributed by atoms with Crippen LogP contribution in [0, 0.1) is 0 Å². The van der Waals surface area contributed by atoms with Crippen molar-refractivity contribution < 1.29 is 18.0 Å². The summed E-state index contributed by atoms with van der Waals surface area (Å²) in [4.78, 5) is 28.7. The van der Waals surface area contributed by atoms with Crippen molar-refractivity contribution in [3.63, 3.8) is 0 Å². The number of rotatable bonds is 12. The minimum Gasteiger partial charge on any atom is -0.352 e. The Hall–Kier alpha value is -2.78. The monoisotopic (exact) mass is 623 g/mol. The van der Waals surface area contributed by atoms with Crippen LogP contribution in [-0.4, -0.2) is 43.8 Å². The number of hydrogen-bond acceptors (Lipinski definition) is 4. The molecule has 1 N–H and O–H groups in total. The molecule has 3 aromatic carbocycles. The first-order valence-corrected chi connectivity index (χ1v) is 15.4. The Morgan fingerprint density at radius 3 is 2.00 bits per heavy atom. The SMILES string of the molecule is CC[C@@H](C)NC(=O)[C@H](CC)N(Cc1ccc(Cl)cc1)C(=O)CN(c1cccc(Cl)c1)S(=O)(=O)c1ccc(Cl)cc1. The molecular weight excluding hydrogens is 593 g/mol. The molecule has 0 aliphatic heterocycles. The third-order valence-corrected chi connectivity index (χ3v) is 8.96. The molecule has 0 radical (unpaired) electrons. The second-order valence-electron chi connectivity index (χ2n) is 9.34. The summed E-state index contributed by atoms with van der Waals surface area (Å²) in [6.45, 7) is 5.16. The third kappa shape index (κ3) is 8.13. The third-order valence-electron chi connectivity index (χ3n) is 6.43. The van der Waals surface area contributed by atoms with Gasteiger partial charge in [0.25, 0.3) is 10.0 Å². The Balaban J connectivity index is 2.05. The molecule has 0 heterocycles. The highest BCUT2D eigenvalue weighted by atomic mass is 35.5. The van der Waals surface area contributed by atoms with E-state index in [4.69, 9.17) is 34.8 Å². The van der Waals surface area contributed by atoms with Gasteiger partial charge in [-0.25, -0.2) is 8.42 Å². The fraction of sp³-hybridized carbons (Fsp3) is 0.310. The number of carbonyl (C=O) groups excluding carboxylic acids is 2. The first kappa shape index (κ1) is 31.7. The Bertz CT molecular complexity index is 1420. The summed E-state index contributed by atoms with van der Waals surface area (Å²) < 4.78 is 28.7. The zero-order valence-corrected chi connectivity index (χ0v) is 25.6. The Morgan fingerprint density at radius 1 is 0.850 bits per heavy atom. The fourth-order valence-electron chi connectivity index (χ4n) is 4.04. The van der Waals surface area contributed by atoms with Crippen LogP contribution < -0.4 is 9.62 Å². The molecule has 0 spiro atoms. The van der Waals surface area contributed by atoms with E-state index in [2.05, 4.69) is 5.32 Å². The zero-order valence-electron chi connectivity index (χ0n) is 22.5.